The maximum absolute atomic E-state index is 13.7. The largest absolute Gasteiger partial charge is 0.463 e. The Bertz CT molecular complexity index is 754. The average Bonchev–Trinajstić information content (AvgIpc) is 2.87. The van der Waals surface area contributed by atoms with E-state index in [1.54, 1.807) is 6.92 Å². The molecule has 24 heavy (non-hydrogen) atoms. The summed E-state index contributed by atoms with van der Waals surface area (Å²) >= 11 is 0. The zero-order valence-corrected chi connectivity index (χ0v) is 12.9. The van der Waals surface area contributed by atoms with Gasteiger partial charge in [-0.25, -0.2) is 4.39 Å². The minimum absolute atomic E-state index is 0.151. The van der Waals surface area contributed by atoms with Gasteiger partial charge in [0.25, 0.3) is 0 Å². The summed E-state index contributed by atoms with van der Waals surface area (Å²) in [6, 6.07) is 6.03. The standard InChI is InChI=1S/C16H15F4NO3/c1-9-3-5-12(11(17)7-9)21-14(22)8-15(23,16(18,19)20)13-6-4-10(2)24-13/h3-7,23H,8H2,1-2H3,(H,21,22). The van der Waals surface area contributed by atoms with Crippen LogP contribution >= 0.6 is 0 Å². The molecule has 2 N–H and O–H groups in total. The lowest BCUT2D eigenvalue weighted by Crippen LogP contribution is -2.44. The van der Waals surface area contributed by atoms with E-state index < -0.39 is 35.7 Å². The van der Waals surface area contributed by atoms with Gasteiger partial charge in [-0.15, -0.1) is 0 Å². The van der Waals surface area contributed by atoms with Gasteiger partial charge in [0.05, 0.1) is 12.1 Å². The fourth-order valence-corrected chi connectivity index (χ4v) is 2.13. The summed E-state index contributed by atoms with van der Waals surface area (Å²) in [4.78, 5) is 11.9. The molecule has 0 spiro atoms. The first-order valence-electron chi connectivity index (χ1n) is 6.95. The third-order valence-corrected chi connectivity index (χ3v) is 3.43. The highest BCUT2D eigenvalue weighted by Gasteiger charge is 2.58. The highest BCUT2D eigenvalue weighted by molar-refractivity contribution is 5.91. The van der Waals surface area contributed by atoms with Crippen LogP contribution in [-0.2, 0) is 10.4 Å². The minimum atomic E-state index is -5.15. The molecule has 0 radical (unpaired) electrons. The van der Waals surface area contributed by atoms with Crippen LogP contribution in [0.5, 0.6) is 0 Å². The van der Waals surface area contributed by atoms with E-state index in [4.69, 9.17) is 4.42 Å². The van der Waals surface area contributed by atoms with Gasteiger partial charge in [0.1, 0.15) is 17.3 Å². The third-order valence-electron chi connectivity index (χ3n) is 3.43. The number of alkyl halides is 3. The van der Waals surface area contributed by atoms with Crippen LogP contribution in [0.2, 0.25) is 0 Å². The lowest BCUT2D eigenvalue weighted by atomic mass is 9.95. The third kappa shape index (κ3) is 3.59. The summed E-state index contributed by atoms with van der Waals surface area (Å²) in [6.07, 6.45) is -6.52. The Labute approximate surface area is 135 Å². The van der Waals surface area contributed by atoms with Crippen molar-refractivity contribution in [2.45, 2.75) is 32.0 Å². The Morgan fingerprint density at radius 2 is 1.88 bits per heavy atom. The number of aliphatic hydroxyl groups is 1. The molecule has 1 aromatic heterocycles. The van der Waals surface area contributed by atoms with Crippen molar-refractivity contribution in [2.24, 2.45) is 0 Å². The van der Waals surface area contributed by atoms with Crippen LogP contribution in [0.15, 0.2) is 34.7 Å². The predicted octanol–water partition coefficient (Wildman–Crippen LogP) is 3.81. The van der Waals surface area contributed by atoms with Crippen LogP contribution in [0.1, 0.15) is 23.5 Å². The van der Waals surface area contributed by atoms with E-state index in [0.717, 1.165) is 12.1 Å². The molecule has 1 atom stereocenters. The minimum Gasteiger partial charge on any atom is -0.463 e. The zero-order valence-electron chi connectivity index (χ0n) is 12.9. The smallest absolute Gasteiger partial charge is 0.425 e. The van der Waals surface area contributed by atoms with Crippen molar-refractivity contribution < 1.29 is 31.9 Å². The number of nitrogens with one attached hydrogen (secondary N) is 1. The van der Waals surface area contributed by atoms with Gasteiger partial charge in [-0.05, 0) is 43.7 Å². The molecule has 0 aliphatic carbocycles. The molecular weight excluding hydrogens is 330 g/mol. The number of carbonyl (C=O) groups is 1. The molecule has 0 saturated heterocycles. The Morgan fingerprint density at radius 1 is 1.21 bits per heavy atom. The lowest BCUT2D eigenvalue weighted by Gasteiger charge is -2.28. The Hall–Kier alpha value is -2.35. The number of benzene rings is 1. The number of rotatable bonds is 4. The van der Waals surface area contributed by atoms with Gasteiger partial charge in [-0.2, -0.15) is 13.2 Å². The normalized spacial score (nSPS) is 14.3. The van der Waals surface area contributed by atoms with Gasteiger partial charge < -0.3 is 14.8 Å². The van der Waals surface area contributed by atoms with Crippen LogP contribution in [0.3, 0.4) is 0 Å². The molecule has 2 aromatic rings. The second kappa shape index (κ2) is 6.27. The quantitative estimate of drug-likeness (QED) is 0.828. The molecule has 2 rings (SSSR count). The Morgan fingerprint density at radius 3 is 2.38 bits per heavy atom. The number of halogens is 4. The summed E-state index contributed by atoms with van der Waals surface area (Å²) in [5, 5.41) is 12.0. The molecule has 0 aliphatic heterocycles. The fraction of sp³-hybridized carbons (Fsp3) is 0.312. The summed E-state index contributed by atoms with van der Waals surface area (Å²) in [7, 11) is 0. The molecule has 0 fully saturated rings. The second-order valence-electron chi connectivity index (χ2n) is 5.48. The molecular formula is C16H15F4NO3. The van der Waals surface area contributed by atoms with E-state index in [9.17, 15) is 27.5 Å². The van der Waals surface area contributed by atoms with Crippen LogP contribution < -0.4 is 5.32 Å². The molecule has 0 saturated carbocycles. The van der Waals surface area contributed by atoms with Crippen molar-refractivity contribution in [1.82, 2.24) is 0 Å². The van der Waals surface area contributed by atoms with E-state index in [0.29, 0.717) is 5.56 Å². The highest BCUT2D eigenvalue weighted by Crippen LogP contribution is 2.42. The number of carbonyl (C=O) groups excluding carboxylic acids is 1. The summed E-state index contributed by atoms with van der Waals surface area (Å²) in [5.74, 6) is -2.64. The molecule has 1 unspecified atom stereocenters. The van der Waals surface area contributed by atoms with Gasteiger partial charge >= 0.3 is 6.18 Å². The van der Waals surface area contributed by atoms with Crippen molar-refractivity contribution >= 4 is 11.6 Å². The molecule has 0 bridgehead atoms. The molecule has 1 heterocycles. The van der Waals surface area contributed by atoms with Gasteiger partial charge in [0.2, 0.25) is 11.5 Å². The van der Waals surface area contributed by atoms with Gasteiger partial charge in [0, 0.05) is 0 Å². The predicted molar refractivity (Wildman–Crippen MR) is 77.8 cm³/mol. The number of amides is 1. The average molecular weight is 345 g/mol. The van der Waals surface area contributed by atoms with Crippen molar-refractivity contribution in [1.29, 1.82) is 0 Å². The molecule has 1 amide bonds. The summed E-state index contributed by atoms with van der Waals surface area (Å²) in [5.41, 5.74) is -3.19. The Kier molecular flexibility index (Phi) is 4.70. The van der Waals surface area contributed by atoms with Crippen LogP contribution in [0, 0.1) is 19.7 Å². The highest BCUT2D eigenvalue weighted by atomic mass is 19.4. The first-order chi connectivity index (χ1) is 11.0. The number of anilines is 1. The van der Waals surface area contributed by atoms with E-state index in [2.05, 4.69) is 0 Å². The van der Waals surface area contributed by atoms with Crippen molar-refractivity contribution in [3.63, 3.8) is 0 Å². The summed E-state index contributed by atoms with van der Waals surface area (Å²) in [6.45, 7) is 3.03. The maximum atomic E-state index is 13.7. The molecule has 0 aliphatic rings. The van der Waals surface area contributed by atoms with E-state index >= 15 is 0 Å². The Balaban J connectivity index is 2.25. The monoisotopic (exact) mass is 345 g/mol. The second-order valence-corrected chi connectivity index (χ2v) is 5.48. The molecule has 1 aromatic carbocycles. The van der Waals surface area contributed by atoms with Crippen molar-refractivity contribution in [2.75, 3.05) is 5.32 Å². The van der Waals surface area contributed by atoms with Crippen molar-refractivity contribution in [3.8, 4) is 0 Å². The van der Waals surface area contributed by atoms with E-state index in [-0.39, 0.29) is 11.4 Å². The van der Waals surface area contributed by atoms with Crippen LogP contribution in [0.25, 0.3) is 0 Å². The number of hydrogen-bond acceptors (Lipinski definition) is 3. The molecule has 130 valence electrons. The first-order valence-corrected chi connectivity index (χ1v) is 6.95. The van der Waals surface area contributed by atoms with Gasteiger partial charge in [0.15, 0.2) is 0 Å². The fourth-order valence-electron chi connectivity index (χ4n) is 2.13. The first kappa shape index (κ1) is 18.0. The molecule has 8 heteroatoms. The van der Waals surface area contributed by atoms with Gasteiger partial charge in [-0.3, -0.25) is 4.79 Å². The van der Waals surface area contributed by atoms with Crippen LogP contribution in [0.4, 0.5) is 23.2 Å². The number of hydrogen-bond donors (Lipinski definition) is 2. The van der Waals surface area contributed by atoms with Crippen LogP contribution in [-0.4, -0.2) is 17.2 Å². The van der Waals surface area contributed by atoms with Gasteiger partial charge in [-0.1, -0.05) is 6.07 Å². The topological polar surface area (TPSA) is 62.5 Å². The van der Waals surface area contributed by atoms with E-state index in [1.165, 1.54) is 25.1 Å². The zero-order chi connectivity index (χ0) is 18.1. The SMILES string of the molecule is Cc1ccc(NC(=O)CC(O)(c2ccc(C)o2)C(F)(F)F)c(F)c1. The van der Waals surface area contributed by atoms with E-state index in [1.807, 2.05) is 5.32 Å². The summed E-state index contributed by atoms with van der Waals surface area (Å²) < 4.78 is 58.3. The number of aryl methyl sites for hydroxylation is 2. The maximum Gasteiger partial charge on any atom is 0.425 e. The van der Waals surface area contributed by atoms with Crippen molar-refractivity contribution in [3.05, 3.63) is 53.2 Å². The lowest BCUT2D eigenvalue weighted by molar-refractivity contribution is -0.272. The number of furan rings is 1. The molecule has 4 nitrogen and oxygen atoms in total.